The summed E-state index contributed by atoms with van der Waals surface area (Å²) in [6.45, 7) is 2.51. The maximum Gasteiger partial charge on any atom is 0.416 e. The molecule has 0 aliphatic heterocycles. The summed E-state index contributed by atoms with van der Waals surface area (Å²) < 4.78 is 44.1. The second-order valence-electron chi connectivity index (χ2n) is 4.91. The Bertz CT molecular complexity index is 578. The highest BCUT2D eigenvalue weighted by Gasteiger charge is 2.29. The van der Waals surface area contributed by atoms with Crippen molar-refractivity contribution in [3.05, 3.63) is 53.3 Å². The van der Waals surface area contributed by atoms with Gasteiger partial charge in [0.2, 0.25) is 0 Å². The third kappa shape index (κ3) is 4.85. The van der Waals surface area contributed by atoms with Gasteiger partial charge in [0.05, 0.1) is 24.9 Å². The van der Waals surface area contributed by atoms with Crippen LogP contribution in [0.2, 0.25) is 0 Å². The molecule has 0 amide bonds. The van der Waals surface area contributed by atoms with Crippen molar-refractivity contribution < 1.29 is 17.9 Å². The standard InChI is InChI=1S/C15H18F3N3O/c1-22-7-6-19-8-13-9-20-21(11-13)10-12-2-4-14(5-3-12)15(16,17)18/h2-5,9,11,19H,6-8,10H2,1H3. The molecule has 2 rings (SSSR count). The quantitative estimate of drug-likeness (QED) is 0.799. The molecule has 1 aromatic carbocycles. The summed E-state index contributed by atoms with van der Waals surface area (Å²) in [4.78, 5) is 0. The molecule has 2 aromatic rings. The fraction of sp³-hybridized carbons (Fsp3) is 0.400. The zero-order valence-corrected chi connectivity index (χ0v) is 12.2. The van der Waals surface area contributed by atoms with Gasteiger partial charge in [0.15, 0.2) is 0 Å². The molecule has 0 fully saturated rings. The van der Waals surface area contributed by atoms with Gasteiger partial charge < -0.3 is 10.1 Å². The topological polar surface area (TPSA) is 39.1 Å². The Morgan fingerprint density at radius 3 is 2.55 bits per heavy atom. The van der Waals surface area contributed by atoms with Crippen molar-refractivity contribution in [2.24, 2.45) is 0 Å². The van der Waals surface area contributed by atoms with Crippen molar-refractivity contribution >= 4 is 0 Å². The Kier molecular flexibility index (Phi) is 5.57. The van der Waals surface area contributed by atoms with E-state index < -0.39 is 11.7 Å². The van der Waals surface area contributed by atoms with E-state index in [2.05, 4.69) is 10.4 Å². The van der Waals surface area contributed by atoms with Gasteiger partial charge in [0, 0.05) is 32.0 Å². The second kappa shape index (κ2) is 7.42. The van der Waals surface area contributed by atoms with E-state index in [0.717, 1.165) is 29.8 Å². The van der Waals surface area contributed by atoms with Gasteiger partial charge in [-0.2, -0.15) is 18.3 Å². The van der Waals surface area contributed by atoms with Crippen LogP contribution >= 0.6 is 0 Å². The molecule has 0 saturated heterocycles. The molecule has 1 N–H and O–H groups in total. The molecular weight excluding hydrogens is 295 g/mol. The fourth-order valence-electron chi connectivity index (χ4n) is 1.98. The Labute approximate surface area is 126 Å². The van der Waals surface area contributed by atoms with Crippen LogP contribution in [0.4, 0.5) is 13.2 Å². The molecule has 0 radical (unpaired) electrons. The lowest BCUT2D eigenvalue weighted by molar-refractivity contribution is -0.137. The van der Waals surface area contributed by atoms with Crippen LogP contribution in [0.3, 0.4) is 0 Å². The second-order valence-corrected chi connectivity index (χ2v) is 4.91. The maximum atomic E-state index is 12.5. The predicted octanol–water partition coefficient (Wildman–Crippen LogP) is 2.69. The zero-order valence-electron chi connectivity index (χ0n) is 12.2. The van der Waals surface area contributed by atoms with E-state index in [0.29, 0.717) is 19.7 Å². The van der Waals surface area contributed by atoms with E-state index in [4.69, 9.17) is 4.74 Å². The van der Waals surface area contributed by atoms with Crippen LogP contribution < -0.4 is 5.32 Å². The average molecular weight is 313 g/mol. The molecule has 0 atom stereocenters. The van der Waals surface area contributed by atoms with E-state index in [-0.39, 0.29) is 0 Å². The minimum Gasteiger partial charge on any atom is -0.383 e. The minimum atomic E-state index is -4.30. The van der Waals surface area contributed by atoms with Crippen molar-refractivity contribution in [2.45, 2.75) is 19.3 Å². The number of halogens is 3. The fourth-order valence-corrected chi connectivity index (χ4v) is 1.98. The van der Waals surface area contributed by atoms with Crippen LogP contribution in [-0.4, -0.2) is 30.0 Å². The molecule has 1 aromatic heterocycles. The first-order valence-corrected chi connectivity index (χ1v) is 6.86. The summed E-state index contributed by atoms with van der Waals surface area (Å²) in [7, 11) is 1.64. The van der Waals surface area contributed by atoms with Gasteiger partial charge >= 0.3 is 6.18 Å². The Balaban J connectivity index is 1.90. The van der Waals surface area contributed by atoms with Gasteiger partial charge in [-0.05, 0) is 17.7 Å². The lowest BCUT2D eigenvalue weighted by Crippen LogP contribution is -2.18. The van der Waals surface area contributed by atoms with E-state index in [1.54, 1.807) is 18.0 Å². The van der Waals surface area contributed by atoms with Crippen molar-refractivity contribution in [3.8, 4) is 0 Å². The smallest absolute Gasteiger partial charge is 0.383 e. The molecule has 1 heterocycles. The number of benzene rings is 1. The van der Waals surface area contributed by atoms with Crippen molar-refractivity contribution in [1.29, 1.82) is 0 Å². The summed E-state index contributed by atoms with van der Waals surface area (Å²) in [5.41, 5.74) is 1.15. The third-order valence-corrected chi connectivity index (χ3v) is 3.12. The number of hydrogen-bond donors (Lipinski definition) is 1. The summed E-state index contributed by atoms with van der Waals surface area (Å²) in [5, 5.41) is 7.41. The van der Waals surface area contributed by atoms with Gasteiger partial charge in [-0.1, -0.05) is 12.1 Å². The summed E-state index contributed by atoms with van der Waals surface area (Å²) in [5.74, 6) is 0. The van der Waals surface area contributed by atoms with Crippen LogP contribution in [0.15, 0.2) is 36.7 Å². The molecule has 4 nitrogen and oxygen atoms in total. The first-order valence-electron chi connectivity index (χ1n) is 6.86. The number of methoxy groups -OCH3 is 1. The molecule has 7 heteroatoms. The number of hydrogen-bond acceptors (Lipinski definition) is 3. The van der Waals surface area contributed by atoms with Gasteiger partial charge in [0.1, 0.15) is 0 Å². The van der Waals surface area contributed by atoms with Crippen LogP contribution in [0.5, 0.6) is 0 Å². The summed E-state index contributed by atoms with van der Waals surface area (Å²) in [6, 6.07) is 5.13. The van der Waals surface area contributed by atoms with E-state index in [1.807, 2.05) is 6.20 Å². The first kappa shape index (κ1) is 16.5. The number of aromatic nitrogens is 2. The summed E-state index contributed by atoms with van der Waals surface area (Å²) in [6.07, 6.45) is -0.688. The monoisotopic (exact) mass is 313 g/mol. The highest BCUT2D eigenvalue weighted by atomic mass is 19.4. The molecular formula is C15H18F3N3O. The minimum absolute atomic E-state index is 0.441. The Hall–Kier alpha value is -1.86. The molecule has 22 heavy (non-hydrogen) atoms. The van der Waals surface area contributed by atoms with Crippen LogP contribution in [0.1, 0.15) is 16.7 Å². The zero-order chi connectivity index (χ0) is 16.0. The van der Waals surface area contributed by atoms with Crippen LogP contribution in [0.25, 0.3) is 0 Å². The third-order valence-electron chi connectivity index (χ3n) is 3.12. The Morgan fingerprint density at radius 2 is 1.91 bits per heavy atom. The molecule has 0 aliphatic carbocycles. The molecule has 0 unspecified atom stereocenters. The predicted molar refractivity (Wildman–Crippen MR) is 76.4 cm³/mol. The number of ether oxygens (including phenoxy) is 1. The number of alkyl halides is 3. The molecule has 0 saturated carbocycles. The van der Waals surface area contributed by atoms with Crippen molar-refractivity contribution in [2.75, 3.05) is 20.3 Å². The van der Waals surface area contributed by atoms with Crippen LogP contribution in [0, 0.1) is 0 Å². The molecule has 0 aliphatic rings. The SMILES string of the molecule is COCCNCc1cnn(Cc2ccc(C(F)(F)F)cc2)c1. The van der Waals surface area contributed by atoms with E-state index in [9.17, 15) is 13.2 Å². The van der Waals surface area contributed by atoms with Gasteiger partial charge in [-0.15, -0.1) is 0 Å². The van der Waals surface area contributed by atoms with Crippen LogP contribution in [-0.2, 0) is 24.0 Å². The lowest BCUT2D eigenvalue weighted by atomic mass is 10.1. The maximum absolute atomic E-state index is 12.5. The van der Waals surface area contributed by atoms with Crippen molar-refractivity contribution in [3.63, 3.8) is 0 Å². The first-order chi connectivity index (χ1) is 10.5. The highest BCUT2D eigenvalue weighted by Crippen LogP contribution is 2.29. The number of rotatable bonds is 7. The summed E-state index contributed by atoms with van der Waals surface area (Å²) >= 11 is 0. The number of nitrogens with zero attached hydrogens (tertiary/aromatic N) is 2. The number of nitrogens with one attached hydrogen (secondary N) is 1. The molecule has 120 valence electrons. The Morgan fingerprint density at radius 1 is 1.18 bits per heavy atom. The average Bonchev–Trinajstić information content (AvgIpc) is 2.91. The van der Waals surface area contributed by atoms with Crippen molar-refractivity contribution in [1.82, 2.24) is 15.1 Å². The highest BCUT2D eigenvalue weighted by molar-refractivity contribution is 5.24. The largest absolute Gasteiger partial charge is 0.416 e. The van der Waals surface area contributed by atoms with Gasteiger partial charge in [0.25, 0.3) is 0 Å². The normalized spacial score (nSPS) is 11.8. The van der Waals surface area contributed by atoms with Gasteiger partial charge in [-0.3, -0.25) is 4.68 Å². The molecule has 0 spiro atoms. The van der Waals surface area contributed by atoms with E-state index in [1.165, 1.54) is 12.1 Å². The van der Waals surface area contributed by atoms with E-state index >= 15 is 0 Å². The lowest BCUT2D eigenvalue weighted by Gasteiger charge is -2.07. The molecule has 0 bridgehead atoms. The van der Waals surface area contributed by atoms with Gasteiger partial charge in [-0.25, -0.2) is 0 Å².